The Morgan fingerprint density at radius 1 is 1.24 bits per heavy atom. The first-order valence-corrected chi connectivity index (χ1v) is 15.2. The first-order chi connectivity index (χ1) is 21.5. The van der Waals surface area contributed by atoms with Gasteiger partial charge in [0.05, 0.1) is 40.7 Å². The first-order valence-electron chi connectivity index (χ1n) is 15.2. The van der Waals surface area contributed by atoms with E-state index in [0.29, 0.717) is 46.6 Å². The number of ether oxygens (including phenoxy) is 1. The molecule has 0 saturated carbocycles. The zero-order valence-electron chi connectivity index (χ0n) is 25.4. The van der Waals surface area contributed by atoms with Gasteiger partial charge in [0.1, 0.15) is 12.4 Å². The maximum absolute atomic E-state index is 15.2. The van der Waals surface area contributed by atoms with Crippen LogP contribution < -0.4 is 10.9 Å². The average Bonchev–Trinajstić information content (AvgIpc) is 3.61. The van der Waals surface area contributed by atoms with Gasteiger partial charge in [-0.15, -0.1) is 5.10 Å². The number of fused-ring (bicyclic) bond motifs is 5. The molecule has 12 nitrogen and oxygen atoms in total. The molecule has 1 aliphatic carbocycles. The topological polar surface area (TPSA) is 161 Å². The number of hydrogen-bond donors (Lipinski definition) is 3. The minimum absolute atomic E-state index is 0.00658. The van der Waals surface area contributed by atoms with Crippen LogP contribution in [0, 0.1) is 12.7 Å². The summed E-state index contributed by atoms with van der Waals surface area (Å²) < 4.78 is 23.6. The van der Waals surface area contributed by atoms with Gasteiger partial charge in [0.2, 0.25) is 0 Å². The summed E-state index contributed by atoms with van der Waals surface area (Å²) in [4.78, 5) is 45.1. The van der Waals surface area contributed by atoms with Gasteiger partial charge in [-0.1, -0.05) is 12.1 Å². The quantitative estimate of drug-likeness (QED) is 0.244. The third-order valence-electron chi connectivity index (χ3n) is 9.53. The van der Waals surface area contributed by atoms with Gasteiger partial charge in [-0.25, -0.2) is 18.9 Å². The number of hydrogen-bond acceptors (Lipinski definition) is 9. The molecule has 0 fully saturated rings. The van der Waals surface area contributed by atoms with Gasteiger partial charge in [0, 0.05) is 41.6 Å². The van der Waals surface area contributed by atoms with E-state index in [2.05, 4.69) is 15.6 Å². The van der Waals surface area contributed by atoms with E-state index in [-0.39, 0.29) is 55.5 Å². The fourth-order valence-corrected chi connectivity index (χ4v) is 7.17. The van der Waals surface area contributed by atoms with E-state index in [9.17, 15) is 24.6 Å². The summed E-state index contributed by atoms with van der Waals surface area (Å²) in [7, 11) is 0. The van der Waals surface area contributed by atoms with Crippen molar-refractivity contribution in [1.29, 1.82) is 0 Å². The third kappa shape index (κ3) is 4.10. The lowest BCUT2D eigenvalue weighted by molar-refractivity contribution is -0.172. The number of pyridine rings is 2. The van der Waals surface area contributed by atoms with Gasteiger partial charge >= 0.3 is 5.97 Å². The highest BCUT2D eigenvalue weighted by Crippen LogP contribution is 2.46. The normalized spacial score (nSPS) is 19.8. The number of aryl methyl sites for hydroxylation is 1. The number of carbonyl (C=O) groups excluding carboxylic acids is 2. The molecule has 3 aliphatic rings. The molecule has 45 heavy (non-hydrogen) atoms. The van der Waals surface area contributed by atoms with Crippen LogP contribution in [-0.4, -0.2) is 53.2 Å². The molecule has 1 aromatic carbocycles. The number of nitrogens with one attached hydrogen (secondary N) is 1. The molecular weight excluding hydrogens is 583 g/mol. The van der Waals surface area contributed by atoms with Crippen molar-refractivity contribution >= 4 is 22.8 Å². The van der Waals surface area contributed by atoms with Gasteiger partial charge < -0.3 is 24.8 Å². The number of halogens is 1. The predicted octanol–water partition coefficient (Wildman–Crippen LogP) is 2.65. The van der Waals surface area contributed by atoms with E-state index in [1.54, 1.807) is 24.6 Å². The molecule has 234 valence electrons. The lowest BCUT2D eigenvalue weighted by atomic mass is 9.81. The SMILES string of the molecule is CC[C@@]1(O)C(=O)OCc2c1cc1n(c2=O)Cc2c-1nc1cc(F)c(C)c3c1c2[C@@H](NC(=O)c1nnn(C(C)C)c1CCO)CC3. The number of benzene rings is 1. The largest absolute Gasteiger partial charge is 0.458 e. The Morgan fingerprint density at radius 2 is 2.02 bits per heavy atom. The van der Waals surface area contributed by atoms with Crippen molar-refractivity contribution in [3.05, 3.63) is 73.1 Å². The fraction of sp³-hybridized carbons (Fsp3) is 0.438. The molecule has 0 radical (unpaired) electrons. The number of nitrogens with zero attached hydrogens (tertiary/aromatic N) is 5. The molecule has 13 heteroatoms. The second kappa shape index (κ2) is 10.3. The maximum atomic E-state index is 15.2. The Morgan fingerprint density at radius 3 is 2.73 bits per heavy atom. The summed E-state index contributed by atoms with van der Waals surface area (Å²) in [5, 5.41) is 33.1. The van der Waals surface area contributed by atoms with Crippen LogP contribution in [0.1, 0.15) is 95.3 Å². The van der Waals surface area contributed by atoms with Crippen molar-refractivity contribution in [2.75, 3.05) is 6.61 Å². The number of aliphatic hydroxyl groups excluding tert-OH is 1. The van der Waals surface area contributed by atoms with E-state index in [1.807, 2.05) is 13.8 Å². The molecule has 5 heterocycles. The Labute approximate surface area is 256 Å². The highest BCUT2D eigenvalue weighted by atomic mass is 19.1. The predicted molar refractivity (Wildman–Crippen MR) is 159 cm³/mol. The molecule has 0 saturated heterocycles. The molecule has 7 rings (SSSR count). The molecule has 2 atom stereocenters. The lowest BCUT2D eigenvalue weighted by Crippen LogP contribution is -2.44. The van der Waals surface area contributed by atoms with Crippen LogP contribution in [-0.2, 0) is 41.1 Å². The van der Waals surface area contributed by atoms with Crippen LogP contribution in [0.3, 0.4) is 0 Å². The first kappa shape index (κ1) is 29.2. The standard InChI is InChI=1S/C32H33FN6O6/c1-5-32(44)19-10-24-27-17(12-38(24)30(42)18(19)13-45-31(32)43)26-21(7-6-16-15(4)20(33)11-22(34-27)25(16)26)35-29(41)28-23(8-9-40)39(14(2)3)37-36-28/h10-11,14,21,40,44H,5-9,12-13H2,1-4H3,(H,35,41)/t21-,32-/m0/s1. The van der Waals surface area contributed by atoms with Crippen LogP contribution in [0.4, 0.5) is 4.39 Å². The van der Waals surface area contributed by atoms with Crippen molar-refractivity contribution in [3.63, 3.8) is 0 Å². The summed E-state index contributed by atoms with van der Waals surface area (Å²) in [6.07, 6.45) is 1.16. The van der Waals surface area contributed by atoms with Crippen molar-refractivity contribution in [2.45, 2.75) is 84.2 Å². The summed E-state index contributed by atoms with van der Waals surface area (Å²) in [6.45, 7) is 6.88. The molecule has 3 N–H and O–H groups in total. The molecule has 4 aromatic rings. The van der Waals surface area contributed by atoms with Crippen molar-refractivity contribution in [2.24, 2.45) is 0 Å². The van der Waals surface area contributed by atoms with Crippen molar-refractivity contribution in [3.8, 4) is 11.4 Å². The zero-order chi connectivity index (χ0) is 31.9. The fourth-order valence-electron chi connectivity index (χ4n) is 7.17. The van der Waals surface area contributed by atoms with E-state index in [4.69, 9.17) is 9.72 Å². The second-order valence-corrected chi connectivity index (χ2v) is 12.3. The minimum Gasteiger partial charge on any atom is -0.458 e. The Bertz CT molecular complexity index is 2020. The zero-order valence-corrected chi connectivity index (χ0v) is 25.4. The van der Waals surface area contributed by atoms with Crippen LogP contribution in [0.15, 0.2) is 16.9 Å². The highest BCUT2D eigenvalue weighted by molar-refractivity contribution is 5.96. The Hall–Kier alpha value is -4.49. The minimum atomic E-state index is -1.98. The summed E-state index contributed by atoms with van der Waals surface area (Å²) in [6, 6.07) is 2.38. The molecule has 1 amide bonds. The van der Waals surface area contributed by atoms with Crippen LogP contribution in [0.2, 0.25) is 0 Å². The smallest absolute Gasteiger partial charge is 0.343 e. The van der Waals surface area contributed by atoms with Gasteiger partial charge in [-0.05, 0) is 62.8 Å². The number of aromatic nitrogens is 5. The number of carbonyl (C=O) groups is 2. The third-order valence-corrected chi connectivity index (χ3v) is 9.53. The van der Waals surface area contributed by atoms with Crippen LogP contribution >= 0.6 is 0 Å². The number of aliphatic hydroxyl groups is 2. The average molecular weight is 617 g/mol. The molecule has 0 spiro atoms. The molecule has 2 aliphatic heterocycles. The summed E-state index contributed by atoms with van der Waals surface area (Å²) in [5.74, 6) is -1.68. The number of esters is 1. The maximum Gasteiger partial charge on any atom is 0.343 e. The van der Waals surface area contributed by atoms with Gasteiger partial charge in [0.25, 0.3) is 11.5 Å². The Balaban J connectivity index is 1.41. The van der Waals surface area contributed by atoms with Crippen molar-refractivity contribution < 1.29 is 28.9 Å². The number of amides is 1. The van der Waals surface area contributed by atoms with Crippen LogP contribution in [0.25, 0.3) is 22.3 Å². The van der Waals surface area contributed by atoms with Gasteiger partial charge in [-0.2, -0.15) is 0 Å². The Kier molecular flexibility index (Phi) is 6.68. The number of cyclic esters (lactones) is 1. The van der Waals surface area contributed by atoms with Crippen LogP contribution in [0.5, 0.6) is 0 Å². The van der Waals surface area contributed by atoms with E-state index in [0.717, 1.165) is 16.5 Å². The lowest BCUT2D eigenvalue weighted by Gasteiger charge is -2.31. The summed E-state index contributed by atoms with van der Waals surface area (Å²) in [5.41, 5.74) is 2.60. The highest BCUT2D eigenvalue weighted by Gasteiger charge is 2.46. The summed E-state index contributed by atoms with van der Waals surface area (Å²) >= 11 is 0. The van der Waals surface area contributed by atoms with E-state index in [1.165, 1.54) is 10.6 Å². The van der Waals surface area contributed by atoms with E-state index >= 15 is 4.39 Å². The molecule has 3 aromatic heterocycles. The van der Waals surface area contributed by atoms with Crippen molar-refractivity contribution in [1.82, 2.24) is 29.9 Å². The van der Waals surface area contributed by atoms with Gasteiger partial charge in [0.15, 0.2) is 11.3 Å². The second-order valence-electron chi connectivity index (χ2n) is 12.3. The van der Waals surface area contributed by atoms with E-state index < -0.39 is 34.9 Å². The molecular formula is C32H33FN6O6. The monoisotopic (exact) mass is 616 g/mol. The van der Waals surface area contributed by atoms with Gasteiger partial charge in [-0.3, -0.25) is 9.59 Å². The molecule has 0 bridgehead atoms. The molecule has 0 unspecified atom stereocenters. The number of rotatable bonds is 6.